The predicted molar refractivity (Wildman–Crippen MR) is 134 cm³/mol. The van der Waals surface area contributed by atoms with Gasteiger partial charge in [-0.2, -0.15) is 0 Å². The molecular formula is C25H23ClFN3O2S. The second-order valence-electron chi connectivity index (χ2n) is 8.04. The highest BCUT2D eigenvalue weighted by Crippen LogP contribution is 2.42. The number of nitrogens with zero attached hydrogens (tertiary/aromatic N) is 2. The third-order valence-electron chi connectivity index (χ3n) is 5.96. The van der Waals surface area contributed by atoms with Gasteiger partial charge in [-0.05, 0) is 47.5 Å². The zero-order valence-electron chi connectivity index (χ0n) is 18.0. The van der Waals surface area contributed by atoms with E-state index in [4.69, 9.17) is 17.0 Å². The fourth-order valence-electron chi connectivity index (χ4n) is 4.30. The van der Waals surface area contributed by atoms with Crippen LogP contribution in [0, 0.1) is 5.41 Å². The summed E-state index contributed by atoms with van der Waals surface area (Å²) in [6.07, 6.45) is 2.83. The summed E-state index contributed by atoms with van der Waals surface area (Å²) < 4.78 is 15.6. The lowest BCUT2D eigenvalue weighted by molar-refractivity contribution is -0.128. The quantitative estimate of drug-likeness (QED) is 0.413. The second kappa shape index (κ2) is 9.08. The normalized spacial score (nSPS) is 20.8. The van der Waals surface area contributed by atoms with E-state index in [1.54, 1.807) is 11.0 Å². The molecule has 33 heavy (non-hydrogen) atoms. The topological polar surface area (TPSA) is 67.6 Å². The Kier molecular flexibility index (Phi) is 6.36. The Morgan fingerprint density at radius 1 is 1.33 bits per heavy atom. The molecule has 4 rings (SSSR count). The van der Waals surface area contributed by atoms with Crippen LogP contribution in [0.15, 0.2) is 76.6 Å². The molecule has 0 saturated carbocycles. The molecule has 1 aliphatic heterocycles. The van der Waals surface area contributed by atoms with E-state index in [9.17, 15) is 9.90 Å². The van der Waals surface area contributed by atoms with Gasteiger partial charge in [0, 0.05) is 36.8 Å². The number of phenolic OH excluding ortho intramolecular Hbond substituents is 1. The largest absolute Gasteiger partial charge is 0.508 e. The molecule has 5 nitrogen and oxygen atoms in total. The summed E-state index contributed by atoms with van der Waals surface area (Å²) in [5.74, 6) is -0.940. The van der Waals surface area contributed by atoms with E-state index in [2.05, 4.69) is 19.2 Å². The fraction of sp³-hybridized carbons (Fsp3) is 0.200. The van der Waals surface area contributed by atoms with E-state index in [1.807, 2.05) is 36.1 Å². The van der Waals surface area contributed by atoms with Crippen molar-refractivity contribution < 1.29 is 14.3 Å². The highest BCUT2D eigenvalue weighted by Gasteiger charge is 2.31. The molecule has 0 aromatic heterocycles. The fourth-order valence-corrected chi connectivity index (χ4v) is 5.07. The highest BCUT2D eigenvalue weighted by atomic mass is 35.5. The molecule has 0 spiro atoms. The van der Waals surface area contributed by atoms with Gasteiger partial charge < -0.3 is 14.9 Å². The SMILES string of the molecule is C=CC(=O)N1CCN(/C(S)=C2\C=C(Cl)C(c3cc(O)cc4ccccc34)=C(F)C2=N)C(C)C1. The molecule has 2 N–H and O–H groups in total. The van der Waals surface area contributed by atoms with Crippen molar-refractivity contribution in [1.29, 1.82) is 5.41 Å². The van der Waals surface area contributed by atoms with Gasteiger partial charge in [0.05, 0.1) is 10.1 Å². The molecule has 2 aromatic carbocycles. The number of carbonyl (C=O) groups excluding carboxylic acids is 1. The van der Waals surface area contributed by atoms with Crippen LogP contribution in [-0.2, 0) is 4.79 Å². The number of amides is 1. The van der Waals surface area contributed by atoms with Crippen molar-refractivity contribution in [2.45, 2.75) is 13.0 Å². The lowest BCUT2D eigenvalue weighted by Crippen LogP contribution is -2.52. The maximum Gasteiger partial charge on any atom is 0.246 e. The molecule has 2 aliphatic rings. The van der Waals surface area contributed by atoms with Gasteiger partial charge in [0.2, 0.25) is 5.91 Å². The molecule has 1 saturated heterocycles. The molecule has 1 aliphatic carbocycles. The van der Waals surface area contributed by atoms with Crippen LogP contribution in [0.25, 0.3) is 16.3 Å². The van der Waals surface area contributed by atoms with Crippen LogP contribution in [0.2, 0.25) is 0 Å². The third-order valence-corrected chi connectivity index (χ3v) is 6.76. The van der Waals surface area contributed by atoms with Gasteiger partial charge in [0.15, 0.2) is 5.83 Å². The van der Waals surface area contributed by atoms with E-state index in [1.165, 1.54) is 18.2 Å². The van der Waals surface area contributed by atoms with Crippen LogP contribution in [0.4, 0.5) is 4.39 Å². The number of hydrogen-bond donors (Lipinski definition) is 3. The summed E-state index contributed by atoms with van der Waals surface area (Å²) in [5.41, 5.74) is 0.417. The number of aromatic hydroxyl groups is 1. The molecule has 1 amide bonds. The number of allylic oxidation sites excluding steroid dienone is 5. The van der Waals surface area contributed by atoms with Crippen LogP contribution in [0.3, 0.4) is 0 Å². The number of piperazine rings is 1. The maximum absolute atomic E-state index is 15.6. The van der Waals surface area contributed by atoms with Gasteiger partial charge in [-0.3, -0.25) is 10.2 Å². The average molecular weight is 484 g/mol. The summed E-state index contributed by atoms with van der Waals surface area (Å²) in [6, 6.07) is 10.2. The lowest BCUT2D eigenvalue weighted by Gasteiger charge is -2.41. The number of carbonyl (C=O) groups is 1. The minimum Gasteiger partial charge on any atom is -0.508 e. The maximum atomic E-state index is 15.6. The van der Waals surface area contributed by atoms with Gasteiger partial charge >= 0.3 is 0 Å². The second-order valence-corrected chi connectivity index (χ2v) is 8.87. The van der Waals surface area contributed by atoms with Gasteiger partial charge in [-0.15, -0.1) is 12.6 Å². The van der Waals surface area contributed by atoms with E-state index in [0.29, 0.717) is 30.2 Å². The molecular weight excluding hydrogens is 461 g/mol. The number of hydrogen-bond acceptors (Lipinski definition) is 5. The molecule has 1 unspecified atom stereocenters. The van der Waals surface area contributed by atoms with Crippen molar-refractivity contribution in [2.75, 3.05) is 19.6 Å². The Morgan fingerprint density at radius 2 is 2.06 bits per heavy atom. The summed E-state index contributed by atoms with van der Waals surface area (Å²) in [4.78, 5) is 15.6. The Labute approximate surface area is 202 Å². The van der Waals surface area contributed by atoms with E-state index < -0.39 is 5.83 Å². The van der Waals surface area contributed by atoms with Gasteiger partial charge in [0.25, 0.3) is 0 Å². The molecule has 1 atom stereocenters. The number of phenols is 1. The van der Waals surface area contributed by atoms with E-state index in [-0.39, 0.29) is 39.6 Å². The summed E-state index contributed by atoms with van der Waals surface area (Å²) in [6.45, 7) is 6.88. The first-order chi connectivity index (χ1) is 15.7. The van der Waals surface area contributed by atoms with Crippen molar-refractivity contribution in [1.82, 2.24) is 9.80 Å². The number of benzene rings is 2. The minimum atomic E-state index is -0.784. The zero-order valence-corrected chi connectivity index (χ0v) is 19.6. The van der Waals surface area contributed by atoms with Crippen LogP contribution in [0.1, 0.15) is 12.5 Å². The van der Waals surface area contributed by atoms with Crippen molar-refractivity contribution in [3.8, 4) is 5.75 Å². The average Bonchev–Trinajstić information content (AvgIpc) is 2.80. The van der Waals surface area contributed by atoms with Crippen molar-refractivity contribution in [2.24, 2.45) is 0 Å². The lowest BCUT2D eigenvalue weighted by atomic mass is 9.90. The van der Waals surface area contributed by atoms with Gasteiger partial charge in [-0.25, -0.2) is 4.39 Å². The zero-order chi connectivity index (χ0) is 23.9. The number of rotatable bonds is 3. The third kappa shape index (κ3) is 4.18. The monoisotopic (exact) mass is 483 g/mol. The Hall–Kier alpha value is -3.03. The first-order valence-corrected chi connectivity index (χ1v) is 11.3. The number of halogens is 2. The smallest absolute Gasteiger partial charge is 0.246 e. The Balaban J connectivity index is 1.73. The van der Waals surface area contributed by atoms with Crippen LogP contribution < -0.4 is 0 Å². The molecule has 1 heterocycles. The van der Waals surface area contributed by atoms with Crippen molar-refractivity contribution in [3.63, 3.8) is 0 Å². The molecule has 170 valence electrons. The Bertz CT molecular complexity index is 1280. The minimum absolute atomic E-state index is 0.0167. The van der Waals surface area contributed by atoms with Crippen molar-refractivity contribution in [3.05, 3.63) is 82.2 Å². The van der Waals surface area contributed by atoms with Gasteiger partial charge in [-0.1, -0.05) is 42.4 Å². The molecule has 0 bridgehead atoms. The predicted octanol–water partition coefficient (Wildman–Crippen LogP) is 5.24. The molecule has 8 heteroatoms. The number of nitrogens with one attached hydrogen (secondary N) is 1. The van der Waals surface area contributed by atoms with Crippen molar-refractivity contribution >= 4 is 52.2 Å². The van der Waals surface area contributed by atoms with Crippen LogP contribution >= 0.6 is 24.2 Å². The first kappa shape index (κ1) is 23.1. The Morgan fingerprint density at radius 3 is 2.76 bits per heavy atom. The van der Waals surface area contributed by atoms with Crippen LogP contribution in [-0.4, -0.2) is 52.2 Å². The molecule has 2 aromatic rings. The highest BCUT2D eigenvalue weighted by molar-refractivity contribution is 7.84. The summed E-state index contributed by atoms with van der Waals surface area (Å²) in [7, 11) is 0. The van der Waals surface area contributed by atoms with Crippen LogP contribution in [0.5, 0.6) is 5.75 Å². The van der Waals surface area contributed by atoms with E-state index in [0.717, 1.165) is 10.8 Å². The number of thiol groups is 1. The standard InChI is InChI=1S/C25H23ClFN3O2S/c1-3-21(32)29-8-9-30(14(2)13-29)25(33)19-12-20(26)22(23(27)24(19)28)18-11-16(31)10-15-6-4-5-7-17(15)18/h3-7,10-12,14,28,31,33H,1,8-9,13H2,2H3/b25-19-,28-24?. The summed E-state index contributed by atoms with van der Waals surface area (Å²) in [5, 5.41) is 20.7. The van der Waals surface area contributed by atoms with Gasteiger partial charge in [0.1, 0.15) is 11.5 Å². The summed E-state index contributed by atoms with van der Waals surface area (Å²) >= 11 is 11.2. The first-order valence-electron chi connectivity index (χ1n) is 10.4. The molecule has 0 radical (unpaired) electrons. The number of fused-ring (bicyclic) bond motifs is 1. The molecule has 1 fully saturated rings. The van der Waals surface area contributed by atoms with E-state index >= 15 is 4.39 Å².